The Bertz CT molecular complexity index is 511. The minimum atomic E-state index is -0.255. The number of hydrogen-bond acceptors (Lipinski definition) is 5. The second-order valence-electron chi connectivity index (χ2n) is 3.58. The molecule has 1 amide bonds. The molecular weight excluding hydrogens is 234 g/mol. The van der Waals surface area contributed by atoms with E-state index in [2.05, 4.69) is 10.5 Å². The normalized spacial score (nSPS) is 10.0. The molecule has 0 saturated heterocycles. The summed E-state index contributed by atoms with van der Waals surface area (Å²) in [6.07, 6.45) is 1.52. The van der Waals surface area contributed by atoms with Crippen LogP contribution in [0.2, 0.25) is 0 Å². The van der Waals surface area contributed by atoms with E-state index in [0.717, 1.165) is 0 Å². The lowest BCUT2D eigenvalue weighted by Crippen LogP contribution is -2.28. The molecule has 0 saturated carbocycles. The highest BCUT2D eigenvalue weighted by molar-refractivity contribution is 5.77. The molecule has 6 nitrogen and oxygen atoms in total. The van der Waals surface area contributed by atoms with Gasteiger partial charge in [-0.05, 0) is 12.1 Å². The molecule has 0 atom stereocenters. The summed E-state index contributed by atoms with van der Waals surface area (Å²) in [6.45, 7) is 0.189. The number of nitrogen functional groups attached to an aromatic ring is 1. The summed E-state index contributed by atoms with van der Waals surface area (Å²) in [6, 6.07) is 8.68. The SMILES string of the molecule is Nc1ccccc1OCC(=O)NCc1ccno1. The number of amides is 1. The topological polar surface area (TPSA) is 90.4 Å². The van der Waals surface area contributed by atoms with Gasteiger partial charge in [0, 0.05) is 6.07 Å². The van der Waals surface area contributed by atoms with E-state index in [9.17, 15) is 4.79 Å². The molecule has 18 heavy (non-hydrogen) atoms. The molecule has 0 radical (unpaired) electrons. The van der Waals surface area contributed by atoms with Gasteiger partial charge in [0.15, 0.2) is 12.4 Å². The molecule has 0 bridgehead atoms. The van der Waals surface area contributed by atoms with Crippen molar-refractivity contribution in [3.63, 3.8) is 0 Å². The fraction of sp³-hybridized carbons (Fsp3) is 0.167. The molecule has 0 aliphatic carbocycles. The maximum atomic E-state index is 11.5. The molecular formula is C12H13N3O3. The molecule has 0 fully saturated rings. The van der Waals surface area contributed by atoms with E-state index < -0.39 is 0 Å². The van der Waals surface area contributed by atoms with Crippen LogP contribution in [0.15, 0.2) is 41.1 Å². The molecule has 94 valence electrons. The average Bonchev–Trinajstić information content (AvgIpc) is 2.88. The summed E-state index contributed by atoms with van der Waals surface area (Å²) in [5.41, 5.74) is 6.18. The van der Waals surface area contributed by atoms with E-state index in [1.807, 2.05) is 0 Å². The number of hydrogen-bond donors (Lipinski definition) is 2. The van der Waals surface area contributed by atoms with E-state index in [-0.39, 0.29) is 19.1 Å². The maximum Gasteiger partial charge on any atom is 0.258 e. The first kappa shape index (κ1) is 12.0. The zero-order chi connectivity index (χ0) is 12.8. The van der Waals surface area contributed by atoms with Crippen LogP contribution in [-0.4, -0.2) is 17.7 Å². The van der Waals surface area contributed by atoms with E-state index in [1.54, 1.807) is 30.3 Å². The number of nitrogens with two attached hydrogens (primary N) is 1. The fourth-order valence-corrected chi connectivity index (χ4v) is 1.33. The lowest BCUT2D eigenvalue weighted by atomic mass is 10.3. The van der Waals surface area contributed by atoms with Crippen LogP contribution in [0.1, 0.15) is 5.76 Å². The lowest BCUT2D eigenvalue weighted by molar-refractivity contribution is -0.123. The molecule has 0 spiro atoms. The van der Waals surface area contributed by atoms with Gasteiger partial charge in [-0.3, -0.25) is 4.79 Å². The quantitative estimate of drug-likeness (QED) is 0.768. The van der Waals surface area contributed by atoms with Gasteiger partial charge in [0.1, 0.15) is 5.75 Å². The van der Waals surface area contributed by atoms with Gasteiger partial charge >= 0.3 is 0 Å². The van der Waals surface area contributed by atoms with E-state index in [4.69, 9.17) is 15.0 Å². The summed E-state index contributed by atoms with van der Waals surface area (Å²) in [4.78, 5) is 11.5. The summed E-state index contributed by atoms with van der Waals surface area (Å²) in [5.74, 6) is 0.824. The standard InChI is InChI=1S/C12H13N3O3/c13-10-3-1-2-4-11(10)17-8-12(16)14-7-9-5-6-15-18-9/h1-6H,7-8,13H2,(H,14,16). The van der Waals surface area contributed by atoms with E-state index >= 15 is 0 Å². The van der Waals surface area contributed by atoms with Gasteiger partial charge in [0.05, 0.1) is 18.4 Å². The smallest absolute Gasteiger partial charge is 0.258 e. The summed E-state index contributed by atoms with van der Waals surface area (Å²) in [5, 5.41) is 6.17. The zero-order valence-corrected chi connectivity index (χ0v) is 9.63. The lowest BCUT2D eigenvalue weighted by Gasteiger charge is -2.08. The van der Waals surface area contributed by atoms with Crippen molar-refractivity contribution in [2.45, 2.75) is 6.54 Å². The molecule has 6 heteroatoms. The van der Waals surface area contributed by atoms with Crippen molar-refractivity contribution >= 4 is 11.6 Å². The molecule has 2 rings (SSSR count). The van der Waals surface area contributed by atoms with Crippen molar-refractivity contribution in [3.05, 3.63) is 42.3 Å². The van der Waals surface area contributed by atoms with E-state index in [0.29, 0.717) is 17.2 Å². The number of aromatic nitrogens is 1. The van der Waals surface area contributed by atoms with Crippen molar-refractivity contribution in [1.82, 2.24) is 10.5 Å². The molecule has 1 aromatic heterocycles. The molecule has 0 unspecified atom stereocenters. The third-order valence-corrected chi connectivity index (χ3v) is 2.23. The number of carbonyl (C=O) groups excluding carboxylic acids is 1. The Labute approximate surface area is 104 Å². The van der Waals surface area contributed by atoms with Crippen molar-refractivity contribution in [2.24, 2.45) is 0 Å². The van der Waals surface area contributed by atoms with Crippen LogP contribution in [0.25, 0.3) is 0 Å². The van der Waals surface area contributed by atoms with Gasteiger partial charge in [0.25, 0.3) is 5.91 Å². The number of rotatable bonds is 5. The van der Waals surface area contributed by atoms with E-state index in [1.165, 1.54) is 6.20 Å². The number of nitrogens with zero attached hydrogens (tertiary/aromatic N) is 1. The van der Waals surface area contributed by atoms with Gasteiger partial charge in [-0.2, -0.15) is 0 Å². The highest BCUT2D eigenvalue weighted by Gasteiger charge is 2.05. The maximum absolute atomic E-state index is 11.5. The Morgan fingerprint density at radius 1 is 1.39 bits per heavy atom. The van der Waals surface area contributed by atoms with Gasteiger partial charge in [-0.15, -0.1) is 0 Å². The Morgan fingerprint density at radius 3 is 2.94 bits per heavy atom. The van der Waals surface area contributed by atoms with Crippen LogP contribution in [-0.2, 0) is 11.3 Å². The van der Waals surface area contributed by atoms with Gasteiger partial charge in [-0.25, -0.2) is 0 Å². The van der Waals surface area contributed by atoms with Crippen molar-refractivity contribution in [3.8, 4) is 5.75 Å². The predicted molar refractivity (Wildman–Crippen MR) is 64.7 cm³/mol. The molecule has 1 heterocycles. The highest BCUT2D eigenvalue weighted by atomic mass is 16.5. The number of benzene rings is 1. The molecule has 2 aromatic rings. The molecule has 0 aliphatic heterocycles. The largest absolute Gasteiger partial charge is 0.482 e. The first-order valence-corrected chi connectivity index (χ1v) is 5.39. The second kappa shape index (κ2) is 5.72. The van der Waals surface area contributed by atoms with Crippen LogP contribution in [0.5, 0.6) is 5.75 Å². The van der Waals surface area contributed by atoms with Crippen LogP contribution in [0.4, 0.5) is 5.69 Å². The minimum Gasteiger partial charge on any atom is -0.482 e. The Balaban J connectivity index is 1.77. The number of para-hydroxylation sites is 2. The molecule has 1 aromatic carbocycles. The Hall–Kier alpha value is -2.50. The predicted octanol–water partition coefficient (Wildman–Crippen LogP) is 0.952. The fourth-order valence-electron chi connectivity index (χ4n) is 1.33. The average molecular weight is 247 g/mol. The number of anilines is 1. The van der Waals surface area contributed by atoms with Crippen LogP contribution in [0, 0.1) is 0 Å². The second-order valence-corrected chi connectivity index (χ2v) is 3.58. The Kier molecular flexibility index (Phi) is 3.80. The third kappa shape index (κ3) is 3.24. The first-order chi connectivity index (χ1) is 8.75. The van der Waals surface area contributed by atoms with Crippen LogP contribution >= 0.6 is 0 Å². The van der Waals surface area contributed by atoms with Crippen molar-refractivity contribution in [1.29, 1.82) is 0 Å². The number of nitrogens with one attached hydrogen (secondary N) is 1. The van der Waals surface area contributed by atoms with Gasteiger partial charge in [-0.1, -0.05) is 17.3 Å². The molecule has 3 N–H and O–H groups in total. The molecule has 0 aliphatic rings. The Morgan fingerprint density at radius 2 is 2.22 bits per heavy atom. The van der Waals surface area contributed by atoms with Crippen molar-refractivity contribution in [2.75, 3.05) is 12.3 Å². The zero-order valence-electron chi connectivity index (χ0n) is 9.63. The van der Waals surface area contributed by atoms with Crippen molar-refractivity contribution < 1.29 is 14.1 Å². The number of carbonyl (C=O) groups is 1. The monoisotopic (exact) mass is 247 g/mol. The van der Waals surface area contributed by atoms with Crippen LogP contribution in [0.3, 0.4) is 0 Å². The summed E-state index contributed by atoms with van der Waals surface area (Å²) < 4.78 is 10.1. The van der Waals surface area contributed by atoms with Gasteiger partial charge in [0.2, 0.25) is 0 Å². The number of ether oxygens (including phenoxy) is 1. The summed E-state index contributed by atoms with van der Waals surface area (Å²) >= 11 is 0. The summed E-state index contributed by atoms with van der Waals surface area (Å²) in [7, 11) is 0. The van der Waals surface area contributed by atoms with Gasteiger partial charge < -0.3 is 20.3 Å². The van der Waals surface area contributed by atoms with Crippen LogP contribution < -0.4 is 15.8 Å². The highest BCUT2D eigenvalue weighted by Crippen LogP contribution is 2.19. The first-order valence-electron chi connectivity index (χ1n) is 5.39. The third-order valence-electron chi connectivity index (χ3n) is 2.23. The minimum absolute atomic E-state index is 0.0949.